The van der Waals surface area contributed by atoms with Gasteiger partial charge in [-0.2, -0.15) is 4.31 Å². The Bertz CT molecular complexity index is 1160. The molecule has 2 atom stereocenters. The molecule has 2 unspecified atom stereocenters. The number of ether oxygens (including phenoxy) is 2. The summed E-state index contributed by atoms with van der Waals surface area (Å²) in [4.78, 5) is 23.1. The number of nitrogens with zero attached hydrogens (tertiary/aromatic N) is 2. The first-order valence-electron chi connectivity index (χ1n) is 10.7. The number of para-hydroxylation sites is 2. The molecule has 0 radical (unpaired) electrons. The smallest absolute Gasteiger partial charge is 0.243 e. The van der Waals surface area contributed by atoms with Crippen molar-refractivity contribution in [1.29, 1.82) is 0 Å². The quantitative estimate of drug-likeness (QED) is 0.458. The third-order valence-corrected chi connectivity index (χ3v) is 7.71. The van der Waals surface area contributed by atoms with Gasteiger partial charge in [-0.05, 0) is 43.2 Å². The van der Waals surface area contributed by atoms with Gasteiger partial charge in [0.25, 0.3) is 0 Å². The van der Waals surface area contributed by atoms with Crippen LogP contribution in [0.15, 0.2) is 47.4 Å². The van der Waals surface area contributed by atoms with Gasteiger partial charge >= 0.3 is 0 Å². The lowest BCUT2D eigenvalue weighted by Gasteiger charge is -2.26. The molecule has 0 aromatic heterocycles. The van der Waals surface area contributed by atoms with Crippen molar-refractivity contribution in [2.45, 2.75) is 36.6 Å². The summed E-state index contributed by atoms with van der Waals surface area (Å²) in [6.45, 7) is 0.881. The molecule has 2 aromatic carbocycles. The van der Waals surface area contributed by atoms with E-state index in [0.29, 0.717) is 24.6 Å². The van der Waals surface area contributed by atoms with Crippen molar-refractivity contribution in [3.8, 4) is 17.2 Å². The van der Waals surface area contributed by atoms with Crippen LogP contribution in [-0.4, -0.2) is 49.8 Å². The Kier molecular flexibility index (Phi) is 6.52. The van der Waals surface area contributed by atoms with Gasteiger partial charge in [-0.25, -0.2) is 8.42 Å². The fourth-order valence-electron chi connectivity index (χ4n) is 3.85. The van der Waals surface area contributed by atoms with E-state index in [1.807, 2.05) is 0 Å². The minimum absolute atomic E-state index is 0.0219. The molecular formula is C22H25N3O7S. The number of nitrogens with one attached hydrogen (secondary N) is 1. The molecule has 10 nitrogen and oxygen atoms in total. The van der Waals surface area contributed by atoms with Crippen LogP contribution in [0.4, 0.5) is 5.69 Å². The van der Waals surface area contributed by atoms with Crippen molar-refractivity contribution in [2.75, 3.05) is 25.5 Å². The normalized spacial score (nSPS) is 20.6. The molecule has 33 heavy (non-hydrogen) atoms. The van der Waals surface area contributed by atoms with Crippen LogP contribution >= 0.6 is 0 Å². The molecule has 11 heteroatoms. The highest BCUT2D eigenvalue weighted by Crippen LogP contribution is 2.39. The Labute approximate surface area is 191 Å². The molecule has 1 heterocycles. The van der Waals surface area contributed by atoms with E-state index in [1.165, 1.54) is 29.6 Å². The van der Waals surface area contributed by atoms with E-state index in [0.717, 1.165) is 19.3 Å². The number of piperidine rings is 1. The van der Waals surface area contributed by atoms with E-state index < -0.39 is 32.8 Å². The van der Waals surface area contributed by atoms with Crippen molar-refractivity contribution >= 4 is 21.6 Å². The summed E-state index contributed by atoms with van der Waals surface area (Å²) in [7, 11) is -2.27. The fraction of sp³-hybridized carbons (Fsp3) is 0.409. The van der Waals surface area contributed by atoms with Crippen LogP contribution in [0.2, 0.25) is 0 Å². The predicted molar refractivity (Wildman–Crippen MR) is 120 cm³/mol. The summed E-state index contributed by atoms with van der Waals surface area (Å²) in [5, 5.41) is 13.6. The van der Waals surface area contributed by atoms with Crippen molar-refractivity contribution < 1.29 is 27.6 Å². The van der Waals surface area contributed by atoms with Gasteiger partial charge in [0.1, 0.15) is 5.92 Å². The minimum atomic E-state index is -3.76. The Morgan fingerprint density at radius 2 is 1.79 bits per heavy atom. The van der Waals surface area contributed by atoms with E-state index in [1.54, 1.807) is 24.3 Å². The molecule has 1 N–H and O–H groups in total. The molecule has 2 aliphatic rings. The van der Waals surface area contributed by atoms with E-state index in [9.17, 15) is 23.3 Å². The number of methoxy groups -OCH3 is 1. The summed E-state index contributed by atoms with van der Waals surface area (Å²) < 4.78 is 39.0. The Hall–Kier alpha value is -3.18. The third-order valence-electron chi connectivity index (χ3n) is 5.82. The van der Waals surface area contributed by atoms with Gasteiger partial charge in [0.05, 0.1) is 17.7 Å². The van der Waals surface area contributed by atoms with Crippen molar-refractivity contribution in [1.82, 2.24) is 4.31 Å². The average Bonchev–Trinajstić information content (AvgIpc) is 3.63. The molecule has 0 bridgehead atoms. The highest BCUT2D eigenvalue weighted by Gasteiger charge is 2.53. The van der Waals surface area contributed by atoms with E-state index in [2.05, 4.69) is 5.32 Å². The van der Waals surface area contributed by atoms with Gasteiger partial charge < -0.3 is 14.8 Å². The van der Waals surface area contributed by atoms with Crippen LogP contribution in [0.25, 0.3) is 0 Å². The molecule has 1 amide bonds. The minimum Gasteiger partial charge on any atom is -0.493 e. The topological polar surface area (TPSA) is 128 Å². The second kappa shape index (κ2) is 9.36. The van der Waals surface area contributed by atoms with Gasteiger partial charge in [0.15, 0.2) is 17.2 Å². The third kappa shape index (κ3) is 4.93. The van der Waals surface area contributed by atoms with Crippen LogP contribution in [0.5, 0.6) is 17.2 Å². The van der Waals surface area contributed by atoms with Crippen LogP contribution in [0.3, 0.4) is 0 Å². The average molecular weight is 476 g/mol. The number of anilines is 1. The van der Waals surface area contributed by atoms with E-state index in [-0.39, 0.29) is 22.8 Å². The molecule has 2 fully saturated rings. The van der Waals surface area contributed by atoms with E-state index >= 15 is 0 Å². The number of hydrogen-bond acceptors (Lipinski definition) is 7. The van der Waals surface area contributed by atoms with Crippen LogP contribution in [0.1, 0.15) is 25.7 Å². The Morgan fingerprint density at radius 3 is 2.42 bits per heavy atom. The summed E-state index contributed by atoms with van der Waals surface area (Å²) >= 11 is 0. The molecule has 1 saturated heterocycles. The number of amides is 1. The second-order valence-electron chi connectivity index (χ2n) is 8.06. The Balaban J connectivity index is 1.66. The maximum Gasteiger partial charge on any atom is 0.243 e. The largest absolute Gasteiger partial charge is 0.493 e. The predicted octanol–water partition coefficient (Wildman–Crippen LogP) is 3.27. The molecule has 1 saturated carbocycles. The Morgan fingerprint density at radius 1 is 1.09 bits per heavy atom. The summed E-state index contributed by atoms with van der Waals surface area (Å²) in [5.41, 5.74) is 0.123. The summed E-state index contributed by atoms with van der Waals surface area (Å²) in [5.74, 6) is -0.286. The lowest BCUT2D eigenvalue weighted by molar-refractivity contribution is -0.497. The summed E-state index contributed by atoms with van der Waals surface area (Å²) in [6, 6.07) is 10.2. The van der Waals surface area contributed by atoms with Crippen molar-refractivity contribution in [3.05, 3.63) is 52.6 Å². The maximum atomic E-state index is 13.1. The van der Waals surface area contributed by atoms with Gasteiger partial charge in [-0.1, -0.05) is 18.6 Å². The first-order valence-corrected chi connectivity index (χ1v) is 12.1. The monoisotopic (exact) mass is 475 g/mol. The molecule has 0 spiro atoms. The standard InChI is InChI=1S/C22H25N3O7S/c1-31-20-7-3-4-8-21(20)32-19-10-9-15(33(29,30)24-11-5-2-6-12-24)13-17(19)23-22(26)16-14-18(16)25(27)28/h3-4,7-10,13,16,18H,2,5-6,11-12,14H2,1H3,(H,23,26). The van der Waals surface area contributed by atoms with Gasteiger partial charge in [0.2, 0.25) is 22.0 Å². The number of benzene rings is 2. The zero-order valence-corrected chi connectivity index (χ0v) is 18.9. The molecule has 4 rings (SSSR count). The second-order valence-corrected chi connectivity index (χ2v) is 10.00. The van der Waals surface area contributed by atoms with Gasteiger partial charge in [-0.3, -0.25) is 14.9 Å². The fourth-order valence-corrected chi connectivity index (χ4v) is 5.40. The highest BCUT2D eigenvalue weighted by atomic mass is 32.2. The van der Waals surface area contributed by atoms with Crippen LogP contribution in [-0.2, 0) is 14.8 Å². The van der Waals surface area contributed by atoms with Crippen molar-refractivity contribution in [2.24, 2.45) is 5.92 Å². The zero-order chi connectivity index (χ0) is 23.6. The SMILES string of the molecule is COc1ccccc1Oc1ccc(S(=O)(=O)N2CCCCC2)cc1NC(=O)C1CC1[N+](=O)[O-]. The molecule has 1 aliphatic carbocycles. The zero-order valence-electron chi connectivity index (χ0n) is 18.1. The first-order chi connectivity index (χ1) is 15.8. The first kappa shape index (κ1) is 23.0. The number of rotatable bonds is 8. The molecule has 2 aromatic rings. The number of carbonyl (C=O) groups is 1. The van der Waals surface area contributed by atoms with Crippen molar-refractivity contribution in [3.63, 3.8) is 0 Å². The number of carbonyl (C=O) groups excluding carboxylic acids is 1. The number of hydrogen-bond donors (Lipinski definition) is 1. The van der Waals surface area contributed by atoms with Gasteiger partial charge in [0, 0.05) is 24.4 Å². The maximum absolute atomic E-state index is 13.1. The molecular weight excluding hydrogens is 450 g/mol. The molecule has 176 valence electrons. The lowest BCUT2D eigenvalue weighted by atomic mass is 10.2. The number of nitro groups is 1. The van der Waals surface area contributed by atoms with Crippen LogP contribution in [0, 0.1) is 16.0 Å². The van der Waals surface area contributed by atoms with Gasteiger partial charge in [-0.15, -0.1) is 0 Å². The highest BCUT2D eigenvalue weighted by molar-refractivity contribution is 7.89. The molecule has 1 aliphatic heterocycles. The van der Waals surface area contributed by atoms with E-state index in [4.69, 9.17) is 9.47 Å². The summed E-state index contributed by atoms with van der Waals surface area (Å²) in [6.07, 6.45) is 2.72. The van der Waals surface area contributed by atoms with Crippen LogP contribution < -0.4 is 14.8 Å². The number of sulfonamides is 1. The lowest BCUT2D eigenvalue weighted by Crippen LogP contribution is -2.35.